The molecule has 0 fully saturated rings. The maximum Gasteiger partial charge on any atom is 0.240 e. The molecule has 0 unspecified atom stereocenters. The monoisotopic (exact) mass is 969 g/mol. The van der Waals surface area contributed by atoms with Crippen molar-refractivity contribution in [2.45, 2.75) is 0 Å². The highest BCUT2D eigenvalue weighted by molar-refractivity contribution is 6.15. The van der Waals surface area contributed by atoms with Crippen LogP contribution in [0.15, 0.2) is 261 Å². The molecule has 0 saturated heterocycles. The number of rotatable bonds is 7. The Bertz CT molecular complexity index is 4580. The lowest BCUT2D eigenvalue weighted by molar-refractivity contribution is 0.892. The number of para-hydroxylation sites is 4. The standard InChI is InChI=1S/C69H43N7/c1-4-18-44(19-5-1)47-32-36-63-55(40-47)57-42-49(73-59-28-14-10-24-51(59)52-25-11-15-29-60(52)73)34-38-65(57)75(63)68-70-67(46-22-8-3-9-23-46)71-69(72-68)76-64-37-33-48(45-20-6-2-7-21-45)41-56(64)58-43-50(35-39-66(58)76)74-61-30-16-12-26-53(61)54-27-13-17-31-62(54)74/h1-43H. The van der Waals surface area contributed by atoms with Gasteiger partial charge in [0.15, 0.2) is 5.82 Å². The molecule has 354 valence electrons. The first kappa shape index (κ1) is 42.2. The van der Waals surface area contributed by atoms with Gasteiger partial charge in [0.1, 0.15) is 0 Å². The molecule has 7 heteroatoms. The first-order valence-electron chi connectivity index (χ1n) is 25.8. The van der Waals surface area contributed by atoms with E-state index in [4.69, 9.17) is 15.0 Å². The molecule has 16 aromatic rings. The molecule has 0 amide bonds. The summed E-state index contributed by atoms with van der Waals surface area (Å²) < 4.78 is 9.24. The van der Waals surface area contributed by atoms with Crippen LogP contribution < -0.4 is 0 Å². The highest BCUT2D eigenvalue weighted by Gasteiger charge is 2.24. The molecule has 0 aliphatic carbocycles. The SMILES string of the molecule is c1ccc(-c2ccc3c(c2)c2cc(-n4c5ccccc5c5ccccc54)ccc2n3-c2nc(-c3ccccc3)nc(-n3c4ccc(-c5ccccc5)cc4c4cc(-n5c6ccccc6c6ccccc65)ccc43)n2)cc1. The topological polar surface area (TPSA) is 58.4 Å². The molecule has 0 aliphatic heterocycles. The fourth-order valence-corrected chi connectivity index (χ4v) is 12.0. The minimum atomic E-state index is 0.527. The van der Waals surface area contributed by atoms with Gasteiger partial charge in [0.2, 0.25) is 11.9 Å². The molecule has 0 bridgehead atoms. The summed E-state index contributed by atoms with van der Waals surface area (Å²) in [6, 6.07) is 93.4. The van der Waals surface area contributed by atoms with Gasteiger partial charge in [0, 0.05) is 60.0 Å². The van der Waals surface area contributed by atoms with Crippen LogP contribution >= 0.6 is 0 Å². The summed E-state index contributed by atoms with van der Waals surface area (Å²) in [6.45, 7) is 0. The third-order valence-electron chi connectivity index (χ3n) is 15.4. The van der Waals surface area contributed by atoms with Gasteiger partial charge >= 0.3 is 0 Å². The molecular weight excluding hydrogens is 927 g/mol. The lowest BCUT2D eigenvalue weighted by atomic mass is 10.0. The molecule has 5 aromatic heterocycles. The molecule has 0 aliphatic rings. The third kappa shape index (κ3) is 6.39. The number of hydrogen-bond donors (Lipinski definition) is 0. The zero-order valence-corrected chi connectivity index (χ0v) is 41.0. The van der Waals surface area contributed by atoms with Crippen LogP contribution in [-0.2, 0) is 0 Å². The van der Waals surface area contributed by atoms with Crippen molar-refractivity contribution >= 4 is 87.2 Å². The second-order valence-electron chi connectivity index (χ2n) is 19.6. The fraction of sp³-hybridized carbons (Fsp3) is 0. The predicted octanol–water partition coefficient (Wildman–Crippen LogP) is 17.3. The summed E-state index contributed by atoms with van der Waals surface area (Å²) in [5.74, 6) is 1.63. The summed E-state index contributed by atoms with van der Waals surface area (Å²) >= 11 is 0. The maximum absolute atomic E-state index is 5.61. The maximum atomic E-state index is 5.61. The second kappa shape index (κ2) is 16.6. The Kier molecular flexibility index (Phi) is 9.20. The summed E-state index contributed by atoms with van der Waals surface area (Å²) in [6.07, 6.45) is 0. The first-order valence-corrected chi connectivity index (χ1v) is 25.8. The van der Waals surface area contributed by atoms with Crippen molar-refractivity contribution < 1.29 is 0 Å². The predicted molar refractivity (Wildman–Crippen MR) is 313 cm³/mol. The summed E-state index contributed by atoms with van der Waals surface area (Å²) in [5.41, 5.74) is 16.3. The second-order valence-corrected chi connectivity index (χ2v) is 19.6. The average molecular weight is 970 g/mol. The van der Waals surface area contributed by atoms with Gasteiger partial charge in [-0.25, -0.2) is 0 Å². The molecule has 0 atom stereocenters. The molecule has 0 N–H and O–H groups in total. The Hall–Kier alpha value is -10.4. The van der Waals surface area contributed by atoms with Crippen molar-refractivity contribution in [3.05, 3.63) is 261 Å². The number of nitrogens with zero attached hydrogens (tertiary/aromatic N) is 7. The van der Waals surface area contributed by atoms with Gasteiger partial charge < -0.3 is 9.13 Å². The lowest BCUT2D eigenvalue weighted by Gasteiger charge is -2.13. The number of aromatic nitrogens is 7. The summed E-state index contributed by atoms with van der Waals surface area (Å²) in [4.78, 5) is 16.5. The van der Waals surface area contributed by atoms with Crippen LogP contribution in [0.4, 0.5) is 0 Å². The fourth-order valence-electron chi connectivity index (χ4n) is 12.0. The van der Waals surface area contributed by atoms with E-state index in [0.717, 1.165) is 105 Å². The van der Waals surface area contributed by atoms with Gasteiger partial charge in [-0.2, -0.15) is 15.0 Å². The largest absolute Gasteiger partial charge is 0.309 e. The molecule has 5 heterocycles. The minimum absolute atomic E-state index is 0.527. The van der Waals surface area contributed by atoms with Crippen LogP contribution in [0.1, 0.15) is 0 Å². The smallest absolute Gasteiger partial charge is 0.240 e. The Morgan fingerprint density at radius 1 is 0.197 bits per heavy atom. The highest BCUT2D eigenvalue weighted by Crippen LogP contribution is 2.41. The quantitative estimate of drug-likeness (QED) is 0.160. The zero-order valence-electron chi connectivity index (χ0n) is 41.0. The van der Waals surface area contributed by atoms with E-state index in [1.54, 1.807) is 0 Å². The summed E-state index contributed by atoms with van der Waals surface area (Å²) in [7, 11) is 0. The first-order chi connectivity index (χ1) is 37.7. The minimum Gasteiger partial charge on any atom is -0.309 e. The van der Waals surface area contributed by atoms with Gasteiger partial charge in [-0.15, -0.1) is 0 Å². The molecule has 76 heavy (non-hydrogen) atoms. The van der Waals surface area contributed by atoms with E-state index < -0.39 is 0 Å². The Morgan fingerprint density at radius 3 is 0.882 bits per heavy atom. The Labute approximate surface area is 436 Å². The Morgan fingerprint density at radius 2 is 0.500 bits per heavy atom. The number of benzene rings is 11. The highest BCUT2D eigenvalue weighted by atomic mass is 15.3. The van der Waals surface area contributed by atoms with Gasteiger partial charge in [-0.05, 0) is 107 Å². The van der Waals surface area contributed by atoms with Crippen molar-refractivity contribution in [3.63, 3.8) is 0 Å². The third-order valence-corrected chi connectivity index (χ3v) is 15.4. The van der Waals surface area contributed by atoms with Crippen LogP contribution in [0, 0.1) is 0 Å². The van der Waals surface area contributed by atoms with E-state index in [-0.39, 0.29) is 0 Å². The molecular formula is C69H43N7. The van der Waals surface area contributed by atoms with Gasteiger partial charge in [0.25, 0.3) is 0 Å². The van der Waals surface area contributed by atoms with Crippen molar-refractivity contribution in [2.75, 3.05) is 0 Å². The van der Waals surface area contributed by atoms with E-state index in [9.17, 15) is 0 Å². The van der Waals surface area contributed by atoms with Gasteiger partial charge in [-0.3, -0.25) is 9.13 Å². The van der Waals surface area contributed by atoms with Crippen LogP contribution in [0.25, 0.3) is 144 Å². The molecule has 16 rings (SSSR count). The van der Waals surface area contributed by atoms with Crippen molar-refractivity contribution in [3.8, 4) is 56.9 Å². The molecule has 0 spiro atoms. The van der Waals surface area contributed by atoms with E-state index in [2.05, 4.69) is 261 Å². The van der Waals surface area contributed by atoms with E-state index in [1.165, 1.54) is 21.5 Å². The molecule has 0 radical (unpaired) electrons. The Balaban J connectivity index is 0.969. The van der Waals surface area contributed by atoms with Crippen LogP contribution in [0.3, 0.4) is 0 Å². The lowest BCUT2D eigenvalue weighted by Crippen LogP contribution is -2.10. The van der Waals surface area contributed by atoms with Crippen LogP contribution in [0.5, 0.6) is 0 Å². The van der Waals surface area contributed by atoms with Crippen LogP contribution in [-0.4, -0.2) is 33.2 Å². The average Bonchev–Trinajstić information content (AvgIpc) is 4.24. The number of fused-ring (bicyclic) bond motifs is 12. The summed E-state index contributed by atoms with van der Waals surface area (Å²) in [5, 5.41) is 9.29. The van der Waals surface area contributed by atoms with Crippen molar-refractivity contribution in [1.82, 2.24) is 33.2 Å². The van der Waals surface area contributed by atoms with Crippen molar-refractivity contribution in [2.24, 2.45) is 0 Å². The van der Waals surface area contributed by atoms with E-state index in [0.29, 0.717) is 17.7 Å². The van der Waals surface area contributed by atoms with Crippen molar-refractivity contribution in [1.29, 1.82) is 0 Å². The van der Waals surface area contributed by atoms with E-state index in [1.807, 2.05) is 18.2 Å². The van der Waals surface area contributed by atoms with Gasteiger partial charge in [0.05, 0.1) is 44.1 Å². The van der Waals surface area contributed by atoms with Crippen LogP contribution in [0.2, 0.25) is 0 Å². The normalized spacial score (nSPS) is 11.9. The number of hydrogen-bond acceptors (Lipinski definition) is 3. The molecule has 0 saturated carbocycles. The molecule has 11 aromatic carbocycles. The van der Waals surface area contributed by atoms with E-state index >= 15 is 0 Å². The zero-order chi connectivity index (χ0) is 49.8. The van der Waals surface area contributed by atoms with Gasteiger partial charge in [-0.1, -0.05) is 176 Å². The molecule has 7 nitrogen and oxygen atoms in total.